The van der Waals surface area contributed by atoms with Gasteiger partial charge in [-0.25, -0.2) is 0 Å². The number of nitrogens with zero attached hydrogens (tertiary/aromatic N) is 1. The highest BCUT2D eigenvalue weighted by Gasteiger charge is 2.04. The molecule has 0 bridgehead atoms. The van der Waals surface area contributed by atoms with Gasteiger partial charge >= 0.3 is 0 Å². The lowest BCUT2D eigenvalue weighted by Crippen LogP contribution is -2.30. The number of rotatable bonds is 9. The first-order valence-electron chi connectivity index (χ1n) is 8.20. The minimum atomic E-state index is -0.0728. The number of pyridine rings is 1. The molecule has 2 amide bonds. The third-order valence-electron chi connectivity index (χ3n) is 3.63. The summed E-state index contributed by atoms with van der Waals surface area (Å²) in [6.45, 7) is 0.846. The third-order valence-corrected chi connectivity index (χ3v) is 3.63. The second-order valence-corrected chi connectivity index (χ2v) is 5.57. The summed E-state index contributed by atoms with van der Waals surface area (Å²) in [5, 5.41) is 5.61. The second-order valence-electron chi connectivity index (χ2n) is 5.57. The fourth-order valence-corrected chi connectivity index (χ4v) is 2.29. The molecule has 5 nitrogen and oxygen atoms in total. The lowest BCUT2D eigenvalue weighted by molar-refractivity contribution is -0.122. The van der Waals surface area contributed by atoms with Gasteiger partial charge in [-0.2, -0.15) is 0 Å². The molecule has 1 aromatic heterocycles. The summed E-state index contributed by atoms with van der Waals surface area (Å²) < 4.78 is 0. The van der Waals surface area contributed by atoms with Gasteiger partial charge in [0, 0.05) is 38.3 Å². The van der Waals surface area contributed by atoms with E-state index in [1.165, 1.54) is 5.56 Å². The number of nitrogens with one attached hydrogen (secondary N) is 2. The molecule has 2 aromatic rings. The van der Waals surface area contributed by atoms with Crippen molar-refractivity contribution in [3.63, 3.8) is 0 Å². The normalized spacial score (nSPS) is 10.2. The van der Waals surface area contributed by atoms with Gasteiger partial charge in [0.05, 0.1) is 0 Å². The molecular formula is C19H23N3O2. The number of carbonyl (C=O) groups is 2. The number of aryl methyl sites for hydroxylation is 1. The Kier molecular flexibility index (Phi) is 7.47. The molecular weight excluding hydrogens is 302 g/mol. The van der Waals surface area contributed by atoms with Crippen LogP contribution < -0.4 is 10.6 Å². The highest BCUT2D eigenvalue weighted by atomic mass is 16.2. The molecule has 0 radical (unpaired) electrons. The van der Waals surface area contributed by atoms with E-state index >= 15 is 0 Å². The van der Waals surface area contributed by atoms with Crippen LogP contribution in [0.3, 0.4) is 0 Å². The number of carbonyl (C=O) groups excluding carboxylic acids is 2. The van der Waals surface area contributed by atoms with Crippen LogP contribution in [-0.2, 0) is 22.6 Å². The Morgan fingerprint density at radius 3 is 2.29 bits per heavy atom. The molecule has 0 saturated carbocycles. The summed E-state index contributed by atoms with van der Waals surface area (Å²) in [6, 6.07) is 13.8. The molecule has 5 heteroatoms. The maximum absolute atomic E-state index is 11.7. The zero-order valence-corrected chi connectivity index (χ0v) is 13.7. The average Bonchev–Trinajstić information content (AvgIpc) is 2.62. The molecule has 2 N–H and O–H groups in total. The monoisotopic (exact) mass is 325 g/mol. The standard InChI is InChI=1S/C19H23N3O2/c23-18(8-4-7-16-5-2-1-3-6-16)21-14-11-19(24)22-15-17-9-12-20-13-10-17/h1-3,5-6,9-10,12-13H,4,7-8,11,14-15H2,(H,21,23)(H,22,24). The Hall–Kier alpha value is -2.69. The van der Waals surface area contributed by atoms with Crippen molar-refractivity contribution in [2.45, 2.75) is 32.2 Å². The average molecular weight is 325 g/mol. The van der Waals surface area contributed by atoms with Crippen molar-refractivity contribution >= 4 is 11.8 Å². The van der Waals surface area contributed by atoms with Gasteiger partial charge in [-0.15, -0.1) is 0 Å². The molecule has 0 atom stereocenters. The van der Waals surface area contributed by atoms with Crippen molar-refractivity contribution in [1.82, 2.24) is 15.6 Å². The van der Waals surface area contributed by atoms with E-state index in [9.17, 15) is 9.59 Å². The van der Waals surface area contributed by atoms with E-state index in [0.717, 1.165) is 18.4 Å². The number of aromatic nitrogens is 1. The molecule has 0 unspecified atom stereocenters. The smallest absolute Gasteiger partial charge is 0.222 e. The van der Waals surface area contributed by atoms with Gasteiger partial charge in [-0.05, 0) is 36.1 Å². The van der Waals surface area contributed by atoms with Gasteiger partial charge in [0.1, 0.15) is 0 Å². The van der Waals surface area contributed by atoms with Crippen LogP contribution in [0.4, 0.5) is 0 Å². The number of hydrogen-bond acceptors (Lipinski definition) is 3. The van der Waals surface area contributed by atoms with Crippen molar-refractivity contribution < 1.29 is 9.59 Å². The van der Waals surface area contributed by atoms with Gasteiger partial charge in [-0.1, -0.05) is 30.3 Å². The summed E-state index contributed by atoms with van der Waals surface area (Å²) in [4.78, 5) is 27.4. The molecule has 0 aliphatic heterocycles. The van der Waals surface area contributed by atoms with Gasteiger partial charge in [0.25, 0.3) is 0 Å². The first-order chi connectivity index (χ1) is 11.7. The Morgan fingerprint density at radius 1 is 0.833 bits per heavy atom. The molecule has 0 aliphatic rings. The molecule has 0 fully saturated rings. The van der Waals surface area contributed by atoms with Crippen LogP contribution in [-0.4, -0.2) is 23.3 Å². The van der Waals surface area contributed by atoms with E-state index < -0.39 is 0 Å². The minimum absolute atomic E-state index is 0.00661. The number of benzene rings is 1. The third kappa shape index (κ3) is 7.05. The Morgan fingerprint density at radius 2 is 1.54 bits per heavy atom. The molecule has 0 spiro atoms. The first-order valence-corrected chi connectivity index (χ1v) is 8.20. The van der Waals surface area contributed by atoms with Crippen molar-refractivity contribution in [1.29, 1.82) is 0 Å². The van der Waals surface area contributed by atoms with Gasteiger partial charge in [0.2, 0.25) is 11.8 Å². The lowest BCUT2D eigenvalue weighted by Gasteiger charge is -2.07. The summed E-state index contributed by atoms with van der Waals surface area (Å²) in [5.41, 5.74) is 2.24. The van der Waals surface area contributed by atoms with Crippen molar-refractivity contribution in [3.8, 4) is 0 Å². The summed E-state index contributed by atoms with van der Waals surface area (Å²) >= 11 is 0. The second kappa shape index (κ2) is 10.2. The summed E-state index contributed by atoms with van der Waals surface area (Å²) in [6.07, 6.45) is 5.85. The van der Waals surface area contributed by atoms with Gasteiger partial charge in [0.15, 0.2) is 0 Å². The zero-order chi connectivity index (χ0) is 17.0. The van der Waals surface area contributed by atoms with Crippen molar-refractivity contribution in [2.24, 2.45) is 0 Å². The SMILES string of the molecule is O=C(CCCc1ccccc1)NCCC(=O)NCc1ccncc1. The minimum Gasteiger partial charge on any atom is -0.356 e. The van der Waals surface area contributed by atoms with Crippen molar-refractivity contribution in [2.75, 3.05) is 6.54 Å². The van der Waals surface area contributed by atoms with E-state index in [1.807, 2.05) is 30.3 Å². The fraction of sp³-hybridized carbons (Fsp3) is 0.316. The Labute approximate surface area is 142 Å². The quantitative estimate of drug-likeness (QED) is 0.743. The topological polar surface area (TPSA) is 71.1 Å². The van der Waals surface area contributed by atoms with Crippen LogP contribution in [0.15, 0.2) is 54.9 Å². The fourth-order valence-electron chi connectivity index (χ4n) is 2.29. The molecule has 0 aliphatic carbocycles. The summed E-state index contributed by atoms with van der Waals surface area (Å²) in [5.74, 6) is -0.0794. The van der Waals surface area contributed by atoms with Crippen molar-refractivity contribution in [3.05, 3.63) is 66.0 Å². The van der Waals surface area contributed by atoms with Crippen LogP contribution in [0.25, 0.3) is 0 Å². The molecule has 2 rings (SSSR count). The van der Waals surface area contributed by atoms with Crippen LogP contribution in [0, 0.1) is 0 Å². The lowest BCUT2D eigenvalue weighted by atomic mass is 10.1. The predicted molar refractivity (Wildman–Crippen MR) is 93.1 cm³/mol. The molecule has 24 heavy (non-hydrogen) atoms. The van der Waals surface area contributed by atoms with E-state index in [-0.39, 0.29) is 18.2 Å². The largest absolute Gasteiger partial charge is 0.356 e. The first kappa shape index (κ1) is 17.7. The van der Waals surface area contributed by atoms with Crippen LogP contribution in [0.5, 0.6) is 0 Å². The maximum atomic E-state index is 11.7. The predicted octanol–water partition coefficient (Wildman–Crippen LogP) is 2.23. The van der Waals surface area contributed by atoms with Crippen LogP contribution in [0.2, 0.25) is 0 Å². The summed E-state index contributed by atoms with van der Waals surface area (Å²) in [7, 11) is 0. The van der Waals surface area contributed by atoms with Gasteiger partial charge < -0.3 is 10.6 Å². The maximum Gasteiger partial charge on any atom is 0.222 e. The van der Waals surface area contributed by atoms with E-state index in [0.29, 0.717) is 19.5 Å². The molecule has 1 heterocycles. The van der Waals surface area contributed by atoms with Crippen LogP contribution >= 0.6 is 0 Å². The van der Waals surface area contributed by atoms with E-state index in [1.54, 1.807) is 12.4 Å². The molecule has 1 aromatic carbocycles. The van der Waals surface area contributed by atoms with Crippen LogP contribution in [0.1, 0.15) is 30.4 Å². The Balaban J connectivity index is 1.53. The zero-order valence-electron chi connectivity index (χ0n) is 13.7. The van der Waals surface area contributed by atoms with E-state index in [4.69, 9.17) is 0 Å². The van der Waals surface area contributed by atoms with Gasteiger partial charge in [-0.3, -0.25) is 14.6 Å². The molecule has 126 valence electrons. The van der Waals surface area contributed by atoms with E-state index in [2.05, 4.69) is 27.8 Å². The molecule has 0 saturated heterocycles. The number of hydrogen-bond donors (Lipinski definition) is 2. The highest BCUT2D eigenvalue weighted by Crippen LogP contribution is 2.04. The highest BCUT2D eigenvalue weighted by molar-refractivity contribution is 5.78. The number of amides is 2. The Bertz CT molecular complexity index is 630.